The predicted octanol–water partition coefficient (Wildman–Crippen LogP) is -1.08. The molecule has 0 aliphatic heterocycles. The number of rotatable bonds is 1. The Morgan fingerprint density at radius 2 is 2.00 bits per heavy atom. The quantitative estimate of drug-likeness (QED) is 0.626. The minimum atomic E-state index is -0.711. The Labute approximate surface area is 100 Å². The summed E-state index contributed by atoms with van der Waals surface area (Å²) in [5.41, 5.74) is 4.54. The minimum absolute atomic E-state index is 0. The number of ether oxygens (including phenoxy) is 1. The molecular formula is C3H10BFeNNdO2. The van der Waals surface area contributed by atoms with Crippen LogP contribution < -0.4 is 5.73 Å². The van der Waals surface area contributed by atoms with Gasteiger partial charge < -0.3 is 10.5 Å². The fourth-order valence-corrected chi connectivity index (χ4v) is 0.142. The Hall–Kier alpha value is 1.21. The first kappa shape index (κ1) is 22.5. The van der Waals surface area contributed by atoms with Crippen molar-refractivity contribution >= 4 is 14.5 Å². The van der Waals surface area contributed by atoms with Crippen molar-refractivity contribution < 1.29 is 67.4 Å². The van der Waals surface area contributed by atoms with E-state index in [1.165, 1.54) is 0 Å². The first-order valence-corrected chi connectivity index (χ1v) is 1.69. The molecule has 0 aromatic rings. The van der Waals surface area contributed by atoms with E-state index in [0.717, 1.165) is 0 Å². The Morgan fingerprint density at radius 1 is 1.67 bits per heavy atom. The Kier molecular flexibility index (Phi) is 40.2. The van der Waals surface area contributed by atoms with E-state index < -0.39 is 6.09 Å². The van der Waals surface area contributed by atoms with Crippen molar-refractivity contribution in [1.82, 2.24) is 0 Å². The van der Waals surface area contributed by atoms with E-state index in [-0.39, 0.29) is 66.3 Å². The van der Waals surface area contributed by atoms with Crippen LogP contribution in [0.2, 0.25) is 0 Å². The molecule has 0 spiro atoms. The van der Waals surface area contributed by atoms with Gasteiger partial charge in [-0.05, 0) is 6.92 Å². The molecule has 0 aliphatic carbocycles. The number of carbonyl (C=O) groups is 1. The van der Waals surface area contributed by atoms with Gasteiger partial charge in [-0.2, -0.15) is 0 Å². The average Bonchev–Trinajstić information content (AvgIpc) is 1.35. The minimum Gasteiger partial charge on any atom is -0.450 e. The Morgan fingerprint density at radius 3 is 2.00 bits per heavy atom. The normalized spacial score (nSPS) is 5.00. The topological polar surface area (TPSA) is 52.3 Å². The first-order valence-electron chi connectivity index (χ1n) is 1.69. The van der Waals surface area contributed by atoms with E-state index in [9.17, 15) is 4.79 Å². The van der Waals surface area contributed by atoms with Gasteiger partial charge in [-0.15, -0.1) is 0 Å². The zero-order valence-corrected chi connectivity index (χ0v) is 8.77. The number of carbonyl (C=O) groups excluding carboxylic acids is 1. The third-order valence-corrected chi connectivity index (χ3v) is 0.287. The second kappa shape index (κ2) is 16.1. The summed E-state index contributed by atoms with van der Waals surface area (Å²) in [7, 11) is 0. The van der Waals surface area contributed by atoms with Crippen molar-refractivity contribution in [3.8, 4) is 0 Å². The molecule has 0 fully saturated rings. The third kappa shape index (κ3) is 27.0. The SMILES string of the molecule is B.CCOC(N)=O.[Fe].[Nd]. The number of hydrogen-bond donors (Lipinski definition) is 1. The van der Waals surface area contributed by atoms with Crippen LogP contribution in [0.25, 0.3) is 0 Å². The van der Waals surface area contributed by atoms with E-state index in [4.69, 9.17) is 0 Å². The van der Waals surface area contributed by atoms with E-state index >= 15 is 0 Å². The summed E-state index contributed by atoms with van der Waals surface area (Å²) >= 11 is 0. The largest absolute Gasteiger partial charge is 0.450 e. The maximum Gasteiger partial charge on any atom is 0.404 e. The average molecular weight is 303 g/mol. The molecule has 0 aliphatic rings. The molecule has 0 saturated heterocycles. The van der Waals surface area contributed by atoms with Gasteiger partial charge in [0.1, 0.15) is 0 Å². The van der Waals surface area contributed by atoms with E-state index in [1.54, 1.807) is 6.92 Å². The van der Waals surface area contributed by atoms with Crippen LogP contribution in [0, 0.1) is 40.8 Å². The maximum atomic E-state index is 9.60. The third-order valence-electron chi connectivity index (χ3n) is 0.287. The van der Waals surface area contributed by atoms with Crippen LogP contribution in [0.5, 0.6) is 0 Å². The standard InChI is InChI=1S/C3H7NO2.BH3.Fe.Nd/c1-2-6-3(4)5;;;/h2H2,1H3,(H2,4,5);1H3;;. The molecule has 9 heavy (non-hydrogen) atoms. The van der Waals surface area contributed by atoms with Crippen LogP contribution in [0.15, 0.2) is 0 Å². The van der Waals surface area contributed by atoms with Gasteiger partial charge in [0.2, 0.25) is 0 Å². The van der Waals surface area contributed by atoms with Gasteiger partial charge in [-0.1, -0.05) is 0 Å². The summed E-state index contributed by atoms with van der Waals surface area (Å²) in [6.45, 7) is 2.06. The molecule has 6 heteroatoms. The number of hydrogen-bond acceptors (Lipinski definition) is 2. The summed E-state index contributed by atoms with van der Waals surface area (Å²) in [6.07, 6.45) is -0.711. The summed E-state index contributed by atoms with van der Waals surface area (Å²) in [4.78, 5) is 9.60. The Bertz CT molecular complexity index is 65.8. The molecule has 0 saturated carbocycles. The van der Waals surface area contributed by atoms with Crippen LogP contribution in [0.4, 0.5) is 4.79 Å². The van der Waals surface area contributed by atoms with Gasteiger partial charge in [0, 0.05) is 57.9 Å². The molecule has 0 bridgehead atoms. The fraction of sp³-hybridized carbons (Fsp3) is 0.667. The molecule has 54 valence electrons. The molecular weight excluding hydrogens is 293 g/mol. The van der Waals surface area contributed by atoms with Crippen molar-refractivity contribution in [3.63, 3.8) is 0 Å². The molecule has 0 atom stereocenters. The van der Waals surface area contributed by atoms with Crippen LogP contribution >= 0.6 is 0 Å². The van der Waals surface area contributed by atoms with Crippen LogP contribution in [0.3, 0.4) is 0 Å². The summed E-state index contributed by atoms with van der Waals surface area (Å²) < 4.78 is 4.18. The maximum absolute atomic E-state index is 9.60. The van der Waals surface area contributed by atoms with E-state index in [2.05, 4.69) is 10.5 Å². The van der Waals surface area contributed by atoms with Crippen molar-refractivity contribution in [2.75, 3.05) is 6.61 Å². The molecule has 0 rings (SSSR count). The van der Waals surface area contributed by atoms with Crippen molar-refractivity contribution in [2.24, 2.45) is 5.73 Å². The molecule has 3 nitrogen and oxygen atoms in total. The molecule has 0 aromatic heterocycles. The molecule has 1 amide bonds. The van der Waals surface area contributed by atoms with Gasteiger partial charge >= 0.3 is 6.09 Å². The van der Waals surface area contributed by atoms with Gasteiger partial charge in [0.15, 0.2) is 0 Å². The van der Waals surface area contributed by atoms with Crippen molar-refractivity contribution in [1.29, 1.82) is 0 Å². The van der Waals surface area contributed by atoms with E-state index in [0.29, 0.717) is 6.61 Å². The first-order chi connectivity index (χ1) is 2.77. The van der Waals surface area contributed by atoms with E-state index in [1.807, 2.05) is 0 Å². The van der Waals surface area contributed by atoms with Crippen molar-refractivity contribution in [3.05, 3.63) is 0 Å². The van der Waals surface area contributed by atoms with Crippen LogP contribution in [-0.2, 0) is 21.8 Å². The molecule has 0 unspecified atom stereocenters. The summed E-state index contributed by atoms with van der Waals surface area (Å²) in [5, 5.41) is 0. The number of nitrogens with two attached hydrogens (primary N) is 1. The predicted molar refractivity (Wildman–Crippen MR) is 31.1 cm³/mol. The molecule has 0 aromatic carbocycles. The van der Waals surface area contributed by atoms with Crippen LogP contribution in [0.1, 0.15) is 6.92 Å². The fourth-order valence-electron chi connectivity index (χ4n) is 0.142. The molecule has 0 radical (unpaired) electrons. The zero-order valence-electron chi connectivity index (χ0n) is 4.45. The van der Waals surface area contributed by atoms with Gasteiger partial charge in [-0.3, -0.25) is 0 Å². The monoisotopic (exact) mass is 301 g/mol. The van der Waals surface area contributed by atoms with Gasteiger partial charge in [-0.25, -0.2) is 4.79 Å². The summed E-state index contributed by atoms with van der Waals surface area (Å²) in [5.74, 6) is 0. The van der Waals surface area contributed by atoms with Gasteiger partial charge in [0.05, 0.1) is 15.0 Å². The Balaban J connectivity index is -0.0000000417. The second-order valence-electron chi connectivity index (χ2n) is 0.752. The van der Waals surface area contributed by atoms with Crippen molar-refractivity contribution in [2.45, 2.75) is 6.92 Å². The zero-order chi connectivity index (χ0) is 4.99. The molecule has 2 N–H and O–H groups in total. The number of primary amides is 1. The smallest absolute Gasteiger partial charge is 0.404 e. The number of amides is 1. The molecule has 0 heterocycles. The summed E-state index contributed by atoms with van der Waals surface area (Å²) in [6, 6.07) is 0. The van der Waals surface area contributed by atoms with Crippen LogP contribution in [-0.4, -0.2) is 21.1 Å². The second-order valence-corrected chi connectivity index (χ2v) is 0.752. The van der Waals surface area contributed by atoms with Gasteiger partial charge in [0.25, 0.3) is 0 Å².